The lowest BCUT2D eigenvalue weighted by Crippen LogP contribution is -2.49. The minimum Gasteiger partial charge on any atom is -0.388 e. The van der Waals surface area contributed by atoms with Gasteiger partial charge in [0, 0.05) is 43.7 Å². The van der Waals surface area contributed by atoms with Crippen LogP contribution >= 0.6 is 23.6 Å². The van der Waals surface area contributed by atoms with Crippen LogP contribution < -0.4 is 21.8 Å². The van der Waals surface area contributed by atoms with Crippen molar-refractivity contribution in [2.24, 2.45) is 0 Å². The average molecular weight is 941 g/mol. The number of aromatic amines is 1. The normalized spacial score (nSPS) is 14.0. The first kappa shape index (κ1) is 46.8. The molecule has 7 aromatic rings. The van der Waals surface area contributed by atoms with Crippen molar-refractivity contribution >= 4 is 62.4 Å². The van der Waals surface area contributed by atoms with Crippen LogP contribution in [0.3, 0.4) is 0 Å². The number of hydrogen-bond donors (Lipinski definition) is 4. The number of nitrogens with one attached hydrogen (secondary N) is 3. The Morgan fingerprint density at radius 1 is 0.881 bits per heavy atom. The number of pyridine rings is 1. The molecule has 16 nitrogen and oxygen atoms in total. The van der Waals surface area contributed by atoms with Crippen LogP contribution in [0.1, 0.15) is 93.1 Å². The average Bonchev–Trinajstić information content (AvgIpc) is 3.64. The molecule has 18 heteroatoms. The summed E-state index contributed by atoms with van der Waals surface area (Å²) in [6, 6.07) is 22.0. The molecule has 5 aromatic heterocycles. The number of hydrogen-bond acceptors (Lipinski definition) is 12. The first-order valence-electron chi connectivity index (χ1n) is 22.4. The maximum absolute atomic E-state index is 13.7. The third kappa shape index (κ3) is 10.8. The van der Waals surface area contributed by atoms with Crippen LogP contribution in [0.4, 0.5) is 0 Å². The number of carbonyl (C=O) groups excluding carboxylic acids is 3. The number of aryl methyl sites for hydroxylation is 4. The molecule has 0 unspecified atom stereocenters. The third-order valence-corrected chi connectivity index (χ3v) is 13.7. The number of H-pyrrole nitrogens is 1. The minimum absolute atomic E-state index is 0.0625. The Balaban J connectivity index is 0.770. The zero-order chi connectivity index (χ0) is 47.2. The number of thiophene rings is 1. The Morgan fingerprint density at radius 3 is 2.24 bits per heavy atom. The second-order valence-corrected chi connectivity index (χ2v) is 18.9. The fraction of sp³-hybridized carbons (Fsp3) is 0.347. The van der Waals surface area contributed by atoms with Gasteiger partial charge in [-0.05, 0) is 129 Å². The Bertz CT molecular complexity index is 3140. The topological polar surface area (TPSA) is 210 Å². The van der Waals surface area contributed by atoms with Crippen molar-refractivity contribution in [2.75, 3.05) is 26.2 Å². The van der Waals surface area contributed by atoms with E-state index >= 15 is 0 Å². The zero-order valence-electron chi connectivity index (χ0n) is 37.6. The number of rotatable bonds is 16. The molecule has 1 aliphatic heterocycles. The van der Waals surface area contributed by atoms with Crippen molar-refractivity contribution in [1.29, 1.82) is 0 Å². The molecule has 1 atom stereocenters. The van der Waals surface area contributed by atoms with Crippen molar-refractivity contribution < 1.29 is 19.5 Å². The van der Waals surface area contributed by atoms with E-state index in [-0.39, 0.29) is 45.6 Å². The Morgan fingerprint density at radius 2 is 1.57 bits per heavy atom. The number of fused-ring (bicyclic) bond motifs is 2. The monoisotopic (exact) mass is 940 g/mol. The van der Waals surface area contributed by atoms with E-state index in [4.69, 9.17) is 12.2 Å². The molecule has 0 saturated carbocycles. The molecule has 6 heterocycles. The fourth-order valence-electron chi connectivity index (χ4n) is 8.53. The maximum atomic E-state index is 13.7. The van der Waals surface area contributed by atoms with Crippen LogP contribution in [0.2, 0.25) is 0 Å². The van der Waals surface area contributed by atoms with Gasteiger partial charge in [0.2, 0.25) is 5.91 Å². The molecular formula is C49H52N10O6S2. The van der Waals surface area contributed by atoms with Crippen LogP contribution in [0.15, 0.2) is 94.9 Å². The molecule has 0 aliphatic carbocycles. The molecule has 0 bridgehead atoms. The largest absolute Gasteiger partial charge is 0.388 e. The van der Waals surface area contributed by atoms with Crippen LogP contribution in [-0.4, -0.2) is 93.8 Å². The van der Waals surface area contributed by atoms with E-state index in [0.29, 0.717) is 98.1 Å². The zero-order valence-corrected chi connectivity index (χ0v) is 39.2. The molecule has 4 N–H and O–H groups in total. The quantitative estimate of drug-likeness (QED) is 0.0663. The van der Waals surface area contributed by atoms with E-state index in [9.17, 15) is 29.1 Å². The summed E-state index contributed by atoms with van der Waals surface area (Å²) in [5, 5.41) is 26.1. The van der Waals surface area contributed by atoms with Gasteiger partial charge in [-0.3, -0.25) is 28.5 Å². The summed E-state index contributed by atoms with van der Waals surface area (Å²) >= 11 is 6.99. The number of piperidine rings is 1. The molecule has 8 rings (SSSR count). The smallest absolute Gasteiger partial charge is 0.271 e. The number of nitrogens with zero attached hydrogens (tertiary/aromatic N) is 7. The van der Waals surface area contributed by atoms with Crippen molar-refractivity contribution in [3.8, 4) is 5.82 Å². The number of carbonyl (C=O) groups is 3. The lowest BCUT2D eigenvalue weighted by atomic mass is 9.90. The lowest BCUT2D eigenvalue weighted by Gasteiger charge is -2.38. The summed E-state index contributed by atoms with van der Waals surface area (Å²) in [6.45, 7) is 7.53. The minimum atomic E-state index is -1.14. The standard InChI is InChI=1S/C49H52N10O6S2/c1-30-17-22-50-40(25-30)59-47(64)42-35(32(3)67-45(42)54-48(59)66)12-8-21-52-44(62)38-16-15-37(55-56-38)43(61)51-20-7-9-33-13-14-36-39(27-33)53-29-58(46(36)63)28-49(65)18-23-57(24-19-49)41(60)26-31(2)34-10-5-4-6-11-34/h4-6,10-11,13-17,22,25,27,29,31,65H,7-9,12,18-21,23-24,26,28H2,1-3H3,(H,51,61)(H,52,62)(H,54,66)/t31-/m1/s1. The van der Waals surface area contributed by atoms with Gasteiger partial charge in [-0.15, -0.1) is 21.5 Å². The number of aliphatic hydroxyl groups is 1. The lowest BCUT2D eigenvalue weighted by molar-refractivity contribution is -0.136. The van der Waals surface area contributed by atoms with Crippen LogP contribution in [0.5, 0.6) is 0 Å². The summed E-state index contributed by atoms with van der Waals surface area (Å²) in [4.78, 5) is 81.5. The van der Waals surface area contributed by atoms with E-state index in [2.05, 4.69) is 35.8 Å². The molecule has 3 amide bonds. The number of aromatic nitrogens is 7. The highest BCUT2D eigenvalue weighted by atomic mass is 32.1. The van der Waals surface area contributed by atoms with Crippen LogP contribution in [-0.2, 0) is 24.2 Å². The fourth-order valence-corrected chi connectivity index (χ4v) is 9.97. The second kappa shape index (κ2) is 20.4. The second-order valence-electron chi connectivity index (χ2n) is 17.3. The molecule has 0 spiro atoms. The predicted molar refractivity (Wildman–Crippen MR) is 259 cm³/mol. The van der Waals surface area contributed by atoms with Crippen LogP contribution in [0, 0.1) is 18.6 Å². The highest BCUT2D eigenvalue weighted by Crippen LogP contribution is 2.29. The van der Waals surface area contributed by atoms with Gasteiger partial charge in [-0.1, -0.05) is 43.3 Å². The van der Waals surface area contributed by atoms with E-state index < -0.39 is 17.4 Å². The van der Waals surface area contributed by atoms with Gasteiger partial charge in [0.15, 0.2) is 16.2 Å². The van der Waals surface area contributed by atoms with Crippen LogP contribution in [0.25, 0.3) is 26.9 Å². The van der Waals surface area contributed by atoms with Gasteiger partial charge in [0.1, 0.15) is 10.6 Å². The van der Waals surface area contributed by atoms with Crippen molar-refractivity contribution in [2.45, 2.75) is 83.8 Å². The summed E-state index contributed by atoms with van der Waals surface area (Å²) in [7, 11) is 0. The molecular weight excluding hydrogens is 889 g/mol. The predicted octanol–water partition coefficient (Wildman–Crippen LogP) is 5.89. The summed E-state index contributed by atoms with van der Waals surface area (Å²) in [5.74, 6) is -0.244. The summed E-state index contributed by atoms with van der Waals surface area (Å²) < 4.78 is 3.14. The molecule has 1 aliphatic rings. The first-order valence-corrected chi connectivity index (χ1v) is 23.6. The Hall–Kier alpha value is -6.76. The van der Waals surface area contributed by atoms with E-state index in [1.807, 2.05) is 75.4 Å². The molecule has 67 heavy (non-hydrogen) atoms. The van der Waals surface area contributed by atoms with E-state index in [1.54, 1.807) is 17.2 Å². The SMILES string of the molecule is Cc1ccnc(-n2c(=S)[nH]c3sc(C)c(CCCNC(=O)c4ccc(C(=O)NCCCc5ccc6c(=O)n(CC7(O)CCN(C(=O)C[C@@H](C)c8ccccc8)CC7)cnc6c5)nn4)c3c2=O)c1. The van der Waals surface area contributed by atoms with Gasteiger partial charge in [0.25, 0.3) is 22.9 Å². The third-order valence-electron chi connectivity index (χ3n) is 12.4. The molecule has 0 radical (unpaired) electrons. The van der Waals surface area contributed by atoms with Crippen molar-refractivity contribution in [3.63, 3.8) is 0 Å². The van der Waals surface area contributed by atoms with E-state index in [0.717, 1.165) is 27.1 Å². The van der Waals surface area contributed by atoms with Gasteiger partial charge in [-0.25, -0.2) is 14.5 Å². The number of amides is 3. The van der Waals surface area contributed by atoms with Gasteiger partial charge in [-0.2, -0.15) is 0 Å². The number of likely N-dealkylation sites (tertiary alicyclic amines) is 1. The molecule has 1 fully saturated rings. The number of benzene rings is 2. The van der Waals surface area contributed by atoms with Crippen molar-refractivity contribution in [3.05, 3.63) is 149 Å². The highest BCUT2D eigenvalue weighted by molar-refractivity contribution is 7.71. The Kier molecular flexibility index (Phi) is 14.2. The van der Waals surface area contributed by atoms with E-state index in [1.165, 1.54) is 38.9 Å². The van der Waals surface area contributed by atoms with Gasteiger partial charge < -0.3 is 25.6 Å². The summed E-state index contributed by atoms with van der Waals surface area (Å²) in [5.41, 5.74) is 2.98. The van der Waals surface area contributed by atoms with Crippen molar-refractivity contribution in [1.82, 2.24) is 49.8 Å². The maximum Gasteiger partial charge on any atom is 0.271 e. The summed E-state index contributed by atoms with van der Waals surface area (Å²) in [6.07, 6.45) is 6.57. The van der Waals surface area contributed by atoms with Gasteiger partial charge in [0.05, 0.1) is 34.8 Å². The molecule has 346 valence electrons. The first-order chi connectivity index (χ1) is 32.3. The molecule has 2 aromatic carbocycles. The Labute approximate surface area is 395 Å². The van der Waals surface area contributed by atoms with Gasteiger partial charge >= 0.3 is 0 Å². The molecule has 1 saturated heterocycles. The highest BCUT2D eigenvalue weighted by Gasteiger charge is 2.35.